The molecule has 0 aliphatic carbocycles. The van der Waals surface area contributed by atoms with E-state index in [1.54, 1.807) is 28.5 Å². The smallest absolute Gasteiger partial charge is 0.298 e. The lowest BCUT2D eigenvalue weighted by Crippen LogP contribution is -2.37. The van der Waals surface area contributed by atoms with Crippen LogP contribution in [0.2, 0.25) is 0 Å². The number of aromatic nitrogens is 1. The molecular formula is C25H22N4O4S. The normalized spacial score (nSPS) is 13.6. The Morgan fingerprint density at radius 2 is 1.82 bits per heavy atom. The lowest BCUT2D eigenvalue weighted by molar-refractivity contribution is -0.385. The largest absolute Gasteiger partial charge is 0.346 e. The van der Waals surface area contributed by atoms with Crippen molar-refractivity contribution in [1.29, 1.82) is 0 Å². The summed E-state index contributed by atoms with van der Waals surface area (Å²) < 4.78 is 0. The summed E-state index contributed by atoms with van der Waals surface area (Å²) in [6, 6.07) is 15.7. The minimum Gasteiger partial charge on any atom is -0.346 e. The van der Waals surface area contributed by atoms with Crippen molar-refractivity contribution < 1.29 is 14.5 Å². The zero-order chi connectivity index (χ0) is 23.9. The number of benzene rings is 2. The Morgan fingerprint density at radius 1 is 1.12 bits per heavy atom. The maximum atomic E-state index is 12.5. The highest BCUT2D eigenvalue weighted by molar-refractivity contribution is 7.09. The molecule has 2 aromatic carbocycles. The Bertz CT molecular complexity index is 1250. The van der Waals surface area contributed by atoms with E-state index in [9.17, 15) is 19.7 Å². The molecule has 2 heterocycles. The number of nitro groups is 1. The van der Waals surface area contributed by atoms with Gasteiger partial charge in [0.15, 0.2) is 0 Å². The SMILES string of the molecule is O=C(NCc1ccccc1[N+](=O)[O-])c1csc(C2CCN(C(=O)C#Cc3ccccc3)CC2)n1. The van der Waals surface area contributed by atoms with Crippen molar-refractivity contribution in [3.8, 4) is 11.8 Å². The summed E-state index contributed by atoms with van der Waals surface area (Å²) in [5.74, 6) is 5.23. The van der Waals surface area contributed by atoms with Gasteiger partial charge in [-0.05, 0) is 25.0 Å². The van der Waals surface area contributed by atoms with Gasteiger partial charge < -0.3 is 10.2 Å². The number of likely N-dealkylation sites (tertiary alicyclic amines) is 1. The quantitative estimate of drug-likeness (QED) is 0.345. The number of para-hydroxylation sites is 1. The molecule has 4 rings (SSSR count). The number of piperidine rings is 1. The Kier molecular flexibility index (Phi) is 7.30. The summed E-state index contributed by atoms with van der Waals surface area (Å²) in [5.41, 5.74) is 1.51. The van der Waals surface area contributed by atoms with Crippen LogP contribution in [0.4, 0.5) is 5.69 Å². The van der Waals surface area contributed by atoms with Crippen LogP contribution >= 0.6 is 11.3 Å². The molecule has 0 bridgehead atoms. The van der Waals surface area contributed by atoms with Crippen LogP contribution in [-0.4, -0.2) is 39.7 Å². The molecule has 3 aromatic rings. The summed E-state index contributed by atoms with van der Waals surface area (Å²) in [4.78, 5) is 41.8. The fourth-order valence-corrected chi connectivity index (χ4v) is 4.71. The predicted octanol–water partition coefficient (Wildman–Crippen LogP) is 3.74. The van der Waals surface area contributed by atoms with Crippen molar-refractivity contribution in [3.63, 3.8) is 0 Å². The molecule has 1 aromatic heterocycles. The first-order valence-electron chi connectivity index (χ1n) is 10.8. The van der Waals surface area contributed by atoms with Crippen molar-refractivity contribution in [1.82, 2.24) is 15.2 Å². The Morgan fingerprint density at radius 3 is 2.56 bits per heavy atom. The molecule has 0 saturated carbocycles. The van der Waals surface area contributed by atoms with Crippen LogP contribution in [0.3, 0.4) is 0 Å². The molecule has 2 amide bonds. The third kappa shape index (κ3) is 5.66. The van der Waals surface area contributed by atoms with E-state index < -0.39 is 4.92 Å². The molecule has 1 fully saturated rings. The average molecular weight is 475 g/mol. The standard InChI is InChI=1S/C25H22N4O4S/c30-23(11-10-18-6-2-1-3-7-18)28-14-12-19(13-15-28)25-27-21(17-34-25)24(31)26-16-20-8-4-5-9-22(20)29(32)33/h1-9,17,19H,12-16H2,(H,26,31). The van der Waals surface area contributed by atoms with Crippen LogP contribution in [0, 0.1) is 22.0 Å². The molecular weight excluding hydrogens is 452 g/mol. The molecule has 1 saturated heterocycles. The van der Waals surface area contributed by atoms with Gasteiger partial charge in [0.1, 0.15) is 5.69 Å². The van der Waals surface area contributed by atoms with Crippen molar-refractivity contribution in [3.05, 3.63) is 91.9 Å². The van der Waals surface area contributed by atoms with E-state index in [0.29, 0.717) is 24.3 Å². The van der Waals surface area contributed by atoms with Gasteiger partial charge in [-0.15, -0.1) is 11.3 Å². The summed E-state index contributed by atoms with van der Waals surface area (Å²) in [5, 5.41) is 16.4. The topological polar surface area (TPSA) is 105 Å². The van der Waals surface area contributed by atoms with Crippen LogP contribution in [0.25, 0.3) is 0 Å². The van der Waals surface area contributed by atoms with Crippen LogP contribution in [0.15, 0.2) is 60.0 Å². The van der Waals surface area contributed by atoms with Gasteiger partial charge in [-0.3, -0.25) is 19.7 Å². The molecule has 8 nitrogen and oxygen atoms in total. The van der Waals surface area contributed by atoms with Crippen LogP contribution in [-0.2, 0) is 11.3 Å². The summed E-state index contributed by atoms with van der Waals surface area (Å²) in [6.07, 6.45) is 1.51. The van der Waals surface area contributed by atoms with Gasteiger partial charge in [-0.2, -0.15) is 0 Å². The van der Waals surface area contributed by atoms with Crippen molar-refractivity contribution in [2.75, 3.05) is 13.1 Å². The highest BCUT2D eigenvalue weighted by Gasteiger charge is 2.26. The lowest BCUT2D eigenvalue weighted by Gasteiger charge is -2.29. The maximum Gasteiger partial charge on any atom is 0.298 e. The Balaban J connectivity index is 1.30. The summed E-state index contributed by atoms with van der Waals surface area (Å²) in [6.45, 7) is 1.23. The Hall–Kier alpha value is -4.03. The highest BCUT2D eigenvalue weighted by Crippen LogP contribution is 2.30. The number of hydrogen-bond donors (Lipinski definition) is 1. The number of nitrogens with zero attached hydrogens (tertiary/aromatic N) is 3. The molecule has 0 unspecified atom stereocenters. The minimum absolute atomic E-state index is 0.0310. The van der Waals surface area contributed by atoms with Crippen molar-refractivity contribution in [2.45, 2.75) is 25.3 Å². The molecule has 9 heteroatoms. The number of amides is 2. The van der Waals surface area contributed by atoms with Crippen LogP contribution in [0.1, 0.15) is 45.4 Å². The lowest BCUT2D eigenvalue weighted by atomic mass is 9.97. The second-order valence-electron chi connectivity index (χ2n) is 7.82. The van der Waals surface area contributed by atoms with E-state index in [2.05, 4.69) is 22.1 Å². The zero-order valence-corrected chi connectivity index (χ0v) is 19.1. The van der Waals surface area contributed by atoms with Crippen LogP contribution < -0.4 is 5.32 Å². The van der Waals surface area contributed by atoms with Gasteiger partial charge in [0.05, 0.1) is 9.93 Å². The van der Waals surface area contributed by atoms with Crippen LogP contribution in [0.5, 0.6) is 0 Å². The van der Waals surface area contributed by atoms with E-state index in [4.69, 9.17) is 0 Å². The minimum atomic E-state index is -0.465. The number of nitro benzene ring substituents is 1. The molecule has 1 aliphatic heterocycles. The number of hydrogen-bond acceptors (Lipinski definition) is 6. The molecule has 0 atom stereocenters. The van der Waals surface area contributed by atoms with Gasteiger partial charge in [0, 0.05) is 54.0 Å². The zero-order valence-electron chi connectivity index (χ0n) is 18.3. The fraction of sp³-hybridized carbons (Fsp3) is 0.240. The molecule has 172 valence electrons. The second-order valence-corrected chi connectivity index (χ2v) is 8.71. The average Bonchev–Trinajstić information content (AvgIpc) is 3.37. The second kappa shape index (κ2) is 10.7. The maximum absolute atomic E-state index is 12.5. The number of thiazole rings is 1. The summed E-state index contributed by atoms with van der Waals surface area (Å²) >= 11 is 1.42. The van der Waals surface area contributed by atoms with Crippen molar-refractivity contribution >= 4 is 28.8 Å². The van der Waals surface area contributed by atoms with E-state index in [1.165, 1.54) is 17.4 Å². The third-order valence-electron chi connectivity index (χ3n) is 5.60. The highest BCUT2D eigenvalue weighted by atomic mass is 32.1. The first-order valence-corrected chi connectivity index (χ1v) is 11.7. The fourth-order valence-electron chi connectivity index (χ4n) is 3.74. The molecule has 34 heavy (non-hydrogen) atoms. The Labute approximate surface area is 200 Å². The number of carbonyl (C=O) groups excluding carboxylic acids is 2. The monoisotopic (exact) mass is 474 g/mol. The summed E-state index contributed by atoms with van der Waals surface area (Å²) in [7, 11) is 0. The van der Waals surface area contributed by atoms with E-state index in [-0.39, 0.29) is 30.0 Å². The molecule has 0 spiro atoms. The molecule has 1 aliphatic rings. The predicted molar refractivity (Wildman–Crippen MR) is 128 cm³/mol. The first kappa shape index (κ1) is 23.1. The van der Waals surface area contributed by atoms with Gasteiger partial charge >= 0.3 is 0 Å². The van der Waals surface area contributed by atoms with E-state index in [1.807, 2.05) is 30.3 Å². The van der Waals surface area contributed by atoms with Gasteiger partial charge in [-0.25, -0.2) is 4.98 Å². The number of rotatable bonds is 5. The van der Waals surface area contributed by atoms with E-state index in [0.717, 1.165) is 23.4 Å². The van der Waals surface area contributed by atoms with Gasteiger partial charge in [0.25, 0.3) is 17.5 Å². The van der Waals surface area contributed by atoms with Crippen molar-refractivity contribution in [2.24, 2.45) is 0 Å². The molecule has 1 N–H and O–H groups in total. The number of nitrogens with one attached hydrogen (secondary N) is 1. The van der Waals surface area contributed by atoms with Gasteiger partial charge in [0.2, 0.25) is 0 Å². The van der Waals surface area contributed by atoms with E-state index >= 15 is 0 Å². The van der Waals surface area contributed by atoms with Gasteiger partial charge in [-0.1, -0.05) is 42.3 Å². The first-order chi connectivity index (χ1) is 16.5. The third-order valence-corrected chi connectivity index (χ3v) is 6.61. The number of carbonyl (C=O) groups is 2. The molecule has 0 radical (unpaired) electrons.